The SMILES string of the molecule is O=c1[nH]c2cc(NCc3csc([N+](=O)[O-])c3)ccc2o1. The minimum atomic E-state index is -0.495. The zero-order valence-corrected chi connectivity index (χ0v) is 10.9. The van der Waals surface area contributed by atoms with Crippen molar-refractivity contribution in [3.8, 4) is 0 Å². The van der Waals surface area contributed by atoms with Gasteiger partial charge in [0.25, 0.3) is 0 Å². The molecule has 0 spiro atoms. The summed E-state index contributed by atoms with van der Waals surface area (Å²) in [5.41, 5.74) is 2.73. The maximum absolute atomic E-state index is 11.0. The van der Waals surface area contributed by atoms with Crippen molar-refractivity contribution in [2.45, 2.75) is 6.54 Å². The van der Waals surface area contributed by atoms with Crippen molar-refractivity contribution >= 4 is 33.1 Å². The van der Waals surface area contributed by atoms with E-state index in [0.29, 0.717) is 17.6 Å². The molecule has 0 aliphatic carbocycles. The summed E-state index contributed by atoms with van der Waals surface area (Å²) in [6, 6.07) is 6.75. The van der Waals surface area contributed by atoms with E-state index in [2.05, 4.69) is 10.3 Å². The molecule has 20 heavy (non-hydrogen) atoms. The number of oxazole rings is 1. The molecular formula is C12H9N3O4S. The van der Waals surface area contributed by atoms with Crippen LogP contribution in [0, 0.1) is 10.1 Å². The van der Waals surface area contributed by atoms with Gasteiger partial charge in [0, 0.05) is 23.7 Å². The smallest absolute Gasteiger partial charge is 0.408 e. The van der Waals surface area contributed by atoms with Crippen LogP contribution in [-0.4, -0.2) is 9.91 Å². The maximum atomic E-state index is 11.0. The molecule has 3 rings (SSSR count). The molecule has 102 valence electrons. The van der Waals surface area contributed by atoms with Gasteiger partial charge in [-0.15, -0.1) is 0 Å². The van der Waals surface area contributed by atoms with Crippen molar-refractivity contribution in [3.05, 3.63) is 55.9 Å². The van der Waals surface area contributed by atoms with Crippen LogP contribution in [0.4, 0.5) is 10.7 Å². The van der Waals surface area contributed by atoms with E-state index in [1.54, 1.807) is 23.6 Å². The van der Waals surface area contributed by atoms with Gasteiger partial charge < -0.3 is 9.73 Å². The molecule has 0 aliphatic heterocycles. The molecule has 3 aromatic rings. The molecule has 7 nitrogen and oxygen atoms in total. The molecule has 1 aromatic carbocycles. The first kappa shape index (κ1) is 12.4. The monoisotopic (exact) mass is 291 g/mol. The highest BCUT2D eigenvalue weighted by atomic mass is 32.1. The summed E-state index contributed by atoms with van der Waals surface area (Å²) in [7, 11) is 0. The summed E-state index contributed by atoms with van der Waals surface area (Å²) in [5.74, 6) is -0.495. The fraction of sp³-hybridized carbons (Fsp3) is 0.0833. The molecule has 2 aromatic heterocycles. The second kappa shape index (κ2) is 4.82. The van der Waals surface area contributed by atoms with Crippen molar-refractivity contribution in [2.75, 3.05) is 5.32 Å². The molecule has 2 N–H and O–H groups in total. The fourth-order valence-electron chi connectivity index (χ4n) is 1.82. The van der Waals surface area contributed by atoms with Crippen molar-refractivity contribution < 1.29 is 9.34 Å². The summed E-state index contributed by atoms with van der Waals surface area (Å²) in [6.45, 7) is 0.470. The van der Waals surface area contributed by atoms with Gasteiger partial charge in [-0.3, -0.25) is 15.1 Å². The Balaban J connectivity index is 1.75. The summed E-state index contributed by atoms with van der Waals surface area (Å²) >= 11 is 1.10. The van der Waals surface area contributed by atoms with Crippen LogP contribution in [0.5, 0.6) is 0 Å². The van der Waals surface area contributed by atoms with E-state index in [-0.39, 0.29) is 5.00 Å². The summed E-state index contributed by atoms with van der Waals surface area (Å²) in [6.07, 6.45) is 0. The number of aromatic nitrogens is 1. The predicted octanol–water partition coefficient (Wildman–Crippen LogP) is 2.70. The average Bonchev–Trinajstić information content (AvgIpc) is 3.00. The molecule has 0 bridgehead atoms. The third-order valence-corrected chi connectivity index (χ3v) is 3.66. The van der Waals surface area contributed by atoms with Crippen molar-refractivity contribution in [3.63, 3.8) is 0 Å². The Bertz CT molecular complexity index is 832. The predicted molar refractivity (Wildman–Crippen MR) is 75.1 cm³/mol. The lowest BCUT2D eigenvalue weighted by atomic mass is 10.2. The number of nitrogens with one attached hydrogen (secondary N) is 2. The van der Waals surface area contributed by atoms with Gasteiger partial charge in [0.15, 0.2) is 5.58 Å². The highest BCUT2D eigenvalue weighted by molar-refractivity contribution is 7.13. The van der Waals surface area contributed by atoms with Gasteiger partial charge in [-0.05, 0) is 23.8 Å². The molecule has 0 saturated heterocycles. The van der Waals surface area contributed by atoms with Crippen LogP contribution in [0.1, 0.15) is 5.56 Å². The van der Waals surface area contributed by atoms with Crippen molar-refractivity contribution in [1.29, 1.82) is 0 Å². The molecule has 0 unspecified atom stereocenters. The molecule has 2 heterocycles. The second-order valence-electron chi connectivity index (χ2n) is 4.13. The number of hydrogen-bond acceptors (Lipinski definition) is 6. The number of rotatable bonds is 4. The molecule has 8 heteroatoms. The Morgan fingerprint density at radius 2 is 2.25 bits per heavy atom. The highest BCUT2D eigenvalue weighted by Gasteiger charge is 2.09. The number of nitrogens with zero attached hydrogens (tertiary/aromatic N) is 1. The van der Waals surface area contributed by atoms with Crippen LogP contribution in [0.15, 0.2) is 38.9 Å². The summed E-state index contributed by atoms with van der Waals surface area (Å²) in [5, 5.41) is 15.6. The first-order valence-corrected chi connectivity index (χ1v) is 6.58. The van der Waals surface area contributed by atoms with Gasteiger partial charge in [-0.1, -0.05) is 11.3 Å². The first-order chi connectivity index (χ1) is 9.61. The fourth-order valence-corrected chi connectivity index (χ4v) is 2.55. The van der Waals surface area contributed by atoms with Crippen LogP contribution in [0.25, 0.3) is 11.1 Å². The number of aromatic amines is 1. The largest absolute Gasteiger partial charge is 0.417 e. The lowest BCUT2D eigenvalue weighted by Gasteiger charge is -2.03. The normalized spacial score (nSPS) is 10.8. The van der Waals surface area contributed by atoms with Gasteiger partial charge in [-0.2, -0.15) is 0 Å². The number of anilines is 1. The average molecular weight is 291 g/mol. The quantitative estimate of drug-likeness (QED) is 0.568. The van der Waals surface area contributed by atoms with Crippen LogP contribution in [0.3, 0.4) is 0 Å². The first-order valence-electron chi connectivity index (χ1n) is 5.70. The zero-order valence-electron chi connectivity index (χ0n) is 10.1. The van der Waals surface area contributed by atoms with E-state index < -0.39 is 10.7 Å². The molecule has 0 aliphatic rings. The molecule has 0 amide bonds. The number of thiophene rings is 1. The number of fused-ring (bicyclic) bond motifs is 1. The van der Waals surface area contributed by atoms with Crippen molar-refractivity contribution in [2.24, 2.45) is 0 Å². The Labute approximate surface area is 116 Å². The molecule has 0 radical (unpaired) electrons. The minimum absolute atomic E-state index is 0.122. The van der Waals surface area contributed by atoms with Crippen LogP contribution < -0.4 is 11.1 Å². The van der Waals surface area contributed by atoms with Gasteiger partial charge >= 0.3 is 10.8 Å². The van der Waals surface area contributed by atoms with E-state index in [1.807, 2.05) is 0 Å². The third-order valence-electron chi connectivity index (χ3n) is 2.74. The summed E-state index contributed by atoms with van der Waals surface area (Å²) < 4.78 is 4.90. The molecule has 0 saturated carbocycles. The number of hydrogen-bond donors (Lipinski definition) is 2. The highest BCUT2D eigenvalue weighted by Crippen LogP contribution is 2.23. The lowest BCUT2D eigenvalue weighted by molar-refractivity contribution is -0.380. The Hall–Kier alpha value is -2.61. The van der Waals surface area contributed by atoms with Crippen LogP contribution in [0.2, 0.25) is 0 Å². The van der Waals surface area contributed by atoms with E-state index in [4.69, 9.17) is 4.42 Å². The number of nitro groups is 1. The standard InChI is InChI=1S/C12H9N3O4S/c16-12-14-9-4-8(1-2-10(9)19-12)13-5-7-3-11(15(17)18)20-6-7/h1-4,6,13H,5H2,(H,14,16). The van der Waals surface area contributed by atoms with Gasteiger partial charge in [0.2, 0.25) is 0 Å². The van der Waals surface area contributed by atoms with E-state index >= 15 is 0 Å². The van der Waals surface area contributed by atoms with E-state index in [9.17, 15) is 14.9 Å². The van der Waals surface area contributed by atoms with E-state index in [1.165, 1.54) is 6.07 Å². The van der Waals surface area contributed by atoms with Gasteiger partial charge in [0.05, 0.1) is 10.4 Å². The molecule has 0 fully saturated rings. The molecular weight excluding hydrogens is 282 g/mol. The van der Waals surface area contributed by atoms with Gasteiger partial charge in [0.1, 0.15) is 0 Å². The minimum Gasteiger partial charge on any atom is -0.408 e. The third kappa shape index (κ3) is 2.41. The number of H-pyrrole nitrogens is 1. The summed E-state index contributed by atoms with van der Waals surface area (Å²) in [4.78, 5) is 23.8. The van der Waals surface area contributed by atoms with Crippen molar-refractivity contribution in [1.82, 2.24) is 4.98 Å². The lowest BCUT2D eigenvalue weighted by Crippen LogP contribution is -1.98. The Morgan fingerprint density at radius 3 is 3.00 bits per heavy atom. The zero-order chi connectivity index (χ0) is 14.1. The number of benzene rings is 1. The Kier molecular flexibility index (Phi) is 2.99. The van der Waals surface area contributed by atoms with Gasteiger partial charge in [-0.25, -0.2) is 4.79 Å². The van der Waals surface area contributed by atoms with Crippen LogP contribution in [-0.2, 0) is 6.54 Å². The van der Waals surface area contributed by atoms with Crippen LogP contribution >= 0.6 is 11.3 Å². The maximum Gasteiger partial charge on any atom is 0.417 e. The Morgan fingerprint density at radius 1 is 1.40 bits per heavy atom. The second-order valence-corrected chi connectivity index (χ2v) is 5.02. The topological polar surface area (TPSA) is 101 Å². The molecule has 0 atom stereocenters. The van der Waals surface area contributed by atoms with E-state index in [0.717, 1.165) is 22.6 Å².